The first-order valence-electron chi connectivity index (χ1n) is 6.12. The van der Waals surface area contributed by atoms with Crippen LogP contribution in [0.2, 0.25) is 0 Å². The van der Waals surface area contributed by atoms with E-state index in [1.807, 2.05) is 13.8 Å². The second-order valence-corrected chi connectivity index (χ2v) is 4.18. The normalized spacial score (nSPS) is 20.5. The van der Waals surface area contributed by atoms with E-state index in [0.29, 0.717) is 19.7 Å². The molecule has 0 aromatic heterocycles. The van der Waals surface area contributed by atoms with E-state index in [0.717, 1.165) is 12.8 Å². The van der Waals surface area contributed by atoms with Crippen LogP contribution in [-0.2, 0) is 19.1 Å². The van der Waals surface area contributed by atoms with Crippen molar-refractivity contribution in [3.8, 4) is 0 Å². The van der Waals surface area contributed by atoms with Gasteiger partial charge in [-0.15, -0.1) is 0 Å². The third-order valence-electron chi connectivity index (χ3n) is 3.18. The zero-order valence-corrected chi connectivity index (χ0v) is 10.8. The van der Waals surface area contributed by atoms with Gasteiger partial charge in [0.15, 0.2) is 6.10 Å². The number of carbonyl (C=O) groups is 2. The molecule has 1 heterocycles. The number of ether oxygens (including phenoxy) is 2. The summed E-state index contributed by atoms with van der Waals surface area (Å²) in [6.45, 7) is 5.27. The highest BCUT2D eigenvalue weighted by molar-refractivity contribution is 5.81. The molecule has 0 N–H and O–H groups in total. The zero-order valence-electron chi connectivity index (χ0n) is 10.8. The summed E-state index contributed by atoms with van der Waals surface area (Å²) in [6.07, 6.45) is 1.03. The summed E-state index contributed by atoms with van der Waals surface area (Å²) in [5.74, 6) is -0.245. The zero-order chi connectivity index (χ0) is 12.8. The van der Waals surface area contributed by atoms with Gasteiger partial charge in [0.05, 0.1) is 20.3 Å². The molecule has 1 amide bonds. The summed E-state index contributed by atoms with van der Waals surface area (Å²) in [6, 6.07) is 0. The molecule has 0 bridgehead atoms. The van der Waals surface area contributed by atoms with Gasteiger partial charge in [-0.05, 0) is 12.8 Å². The summed E-state index contributed by atoms with van der Waals surface area (Å²) >= 11 is 0. The third kappa shape index (κ3) is 3.43. The lowest BCUT2D eigenvalue weighted by Crippen LogP contribution is -2.50. The maximum absolute atomic E-state index is 12.1. The van der Waals surface area contributed by atoms with Crippen molar-refractivity contribution in [1.29, 1.82) is 0 Å². The van der Waals surface area contributed by atoms with Crippen molar-refractivity contribution >= 4 is 11.9 Å². The highest BCUT2D eigenvalue weighted by Gasteiger charge is 2.31. The number of methoxy groups -OCH3 is 1. The molecule has 5 nitrogen and oxygen atoms in total. The topological polar surface area (TPSA) is 55.8 Å². The van der Waals surface area contributed by atoms with Gasteiger partial charge in [-0.2, -0.15) is 0 Å². The molecule has 1 atom stereocenters. The quantitative estimate of drug-likeness (QED) is 0.686. The molecule has 1 aliphatic rings. The summed E-state index contributed by atoms with van der Waals surface area (Å²) in [5.41, 5.74) is 0. The molecule has 1 fully saturated rings. The SMILES string of the molecule is CCC(CC)C(=O)N1CCOC(C(=O)OC)C1. The molecule has 1 saturated heterocycles. The van der Waals surface area contributed by atoms with E-state index >= 15 is 0 Å². The largest absolute Gasteiger partial charge is 0.467 e. The van der Waals surface area contributed by atoms with Gasteiger partial charge in [0.2, 0.25) is 5.91 Å². The Morgan fingerprint density at radius 2 is 2.06 bits per heavy atom. The van der Waals surface area contributed by atoms with Gasteiger partial charge >= 0.3 is 5.97 Å². The van der Waals surface area contributed by atoms with Gasteiger partial charge in [0, 0.05) is 12.5 Å². The summed E-state index contributed by atoms with van der Waals surface area (Å²) in [5, 5.41) is 0. The average molecular weight is 243 g/mol. The lowest BCUT2D eigenvalue weighted by Gasteiger charge is -2.33. The predicted molar refractivity (Wildman–Crippen MR) is 62.4 cm³/mol. The smallest absolute Gasteiger partial charge is 0.336 e. The van der Waals surface area contributed by atoms with E-state index < -0.39 is 12.1 Å². The van der Waals surface area contributed by atoms with Gasteiger partial charge in [0.1, 0.15) is 0 Å². The standard InChI is InChI=1S/C12H21NO4/c1-4-9(5-2)11(14)13-6-7-17-10(8-13)12(15)16-3/h9-10H,4-8H2,1-3H3. The van der Waals surface area contributed by atoms with Crippen LogP contribution >= 0.6 is 0 Å². The molecular formula is C12H21NO4. The lowest BCUT2D eigenvalue weighted by atomic mass is 10.0. The van der Waals surface area contributed by atoms with E-state index in [1.165, 1.54) is 7.11 Å². The van der Waals surface area contributed by atoms with Crippen LogP contribution in [0.25, 0.3) is 0 Å². The summed E-state index contributed by atoms with van der Waals surface area (Å²) in [4.78, 5) is 25.2. The molecular weight excluding hydrogens is 222 g/mol. The van der Waals surface area contributed by atoms with E-state index in [4.69, 9.17) is 4.74 Å². The van der Waals surface area contributed by atoms with Crippen molar-refractivity contribution in [2.24, 2.45) is 5.92 Å². The Bertz CT molecular complexity index is 276. The molecule has 1 rings (SSSR count). The predicted octanol–water partition coefficient (Wildman–Crippen LogP) is 0.823. The van der Waals surface area contributed by atoms with E-state index in [2.05, 4.69) is 4.74 Å². The molecule has 1 unspecified atom stereocenters. The van der Waals surface area contributed by atoms with Crippen LogP contribution in [0.5, 0.6) is 0 Å². The molecule has 0 radical (unpaired) electrons. The average Bonchev–Trinajstić information content (AvgIpc) is 2.39. The number of hydrogen-bond acceptors (Lipinski definition) is 4. The maximum Gasteiger partial charge on any atom is 0.336 e. The first kappa shape index (κ1) is 14.0. The Labute approximate surface area is 102 Å². The van der Waals surface area contributed by atoms with Gasteiger partial charge < -0.3 is 14.4 Å². The van der Waals surface area contributed by atoms with Gasteiger partial charge in [-0.25, -0.2) is 4.79 Å². The van der Waals surface area contributed by atoms with Crippen molar-refractivity contribution in [2.45, 2.75) is 32.8 Å². The number of carbonyl (C=O) groups excluding carboxylic acids is 2. The third-order valence-corrected chi connectivity index (χ3v) is 3.18. The van der Waals surface area contributed by atoms with Crippen molar-refractivity contribution in [2.75, 3.05) is 26.8 Å². The Balaban J connectivity index is 2.60. The Hall–Kier alpha value is -1.10. The molecule has 0 aromatic carbocycles. The molecule has 0 aliphatic carbocycles. The highest BCUT2D eigenvalue weighted by atomic mass is 16.6. The molecule has 0 aromatic rings. The van der Waals surface area contributed by atoms with Crippen LogP contribution in [0.1, 0.15) is 26.7 Å². The molecule has 5 heteroatoms. The van der Waals surface area contributed by atoms with E-state index in [9.17, 15) is 9.59 Å². The molecule has 0 spiro atoms. The summed E-state index contributed by atoms with van der Waals surface area (Å²) < 4.78 is 9.92. The van der Waals surface area contributed by atoms with E-state index in [-0.39, 0.29) is 11.8 Å². The molecule has 1 aliphatic heterocycles. The fraction of sp³-hybridized carbons (Fsp3) is 0.833. The molecule has 17 heavy (non-hydrogen) atoms. The van der Waals surface area contributed by atoms with Gasteiger partial charge in [-0.3, -0.25) is 4.79 Å². The number of esters is 1. The second kappa shape index (κ2) is 6.59. The van der Waals surface area contributed by atoms with E-state index in [1.54, 1.807) is 4.90 Å². The molecule has 0 saturated carbocycles. The fourth-order valence-corrected chi connectivity index (χ4v) is 2.02. The van der Waals surface area contributed by atoms with Crippen LogP contribution in [-0.4, -0.2) is 49.7 Å². The lowest BCUT2D eigenvalue weighted by molar-refractivity contribution is -0.163. The van der Waals surface area contributed by atoms with Gasteiger partial charge in [-0.1, -0.05) is 13.8 Å². The minimum atomic E-state index is -0.632. The van der Waals surface area contributed by atoms with Crippen molar-refractivity contribution < 1.29 is 19.1 Å². The number of morpholine rings is 1. The van der Waals surface area contributed by atoms with Crippen molar-refractivity contribution in [3.05, 3.63) is 0 Å². The first-order chi connectivity index (χ1) is 8.13. The number of amides is 1. The number of hydrogen-bond donors (Lipinski definition) is 0. The molecule has 98 valence electrons. The Morgan fingerprint density at radius 1 is 1.41 bits per heavy atom. The highest BCUT2D eigenvalue weighted by Crippen LogP contribution is 2.15. The van der Waals surface area contributed by atoms with Crippen LogP contribution in [0.3, 0.4) is 0 Å². The van der Waals surface area contributed by atoms with Crippen LogP contribution < -0.4 is 0 Å². The first-order valence-corrected chi connectivity index (χ1v) is 6.12. The second-order valence-electron chi connectivity index (χ2n) is 4.18. The summed E-state index contributed by atoms with van der Waals surface area (Å²) in [7, 11) is 1.33. The Kier molecular flexibility index (Phi) is 5.41. The number of nitrogens with zero attached hydrogens (tertiary/aromatic N) is 1. The van der Waals surface area contributed by atoms with Crippen molar-refractivity contribution in [3.63, 3.8) is 0 Å². The maximum atomic E-state index is 12.1. The van der Waals surface area contributed by atoms with Crippen LogP contribution in [0.4, 0.5) is 0 Å². The Morgan fingerprint density at radius 3 is 2.59 bits per heavy atom. The fourth-order valence-electron chi connectivity index (χ4n) is 2.02. The minimum absolute atomic E-state index is 0.0476. The van der Waals surface area contributed by atoms with Crippen LogP contribution in [0, 0.1) is 5.92 Å². The van der Waals surface area contributed by atoms with Crippen molar-refractivity contribution in [1.82, 2.24) is 4.90 Å². The monoisotopic (exact) mass is 243 g/mol. The number of rotatable bonds is 4. The minimum Gasteiger partial charge on any atom is -0.467 e. The van der Waals surface area contributed by atoms with Gasteiger partial charge in [0.25, 0.3) is 0 Å². The van der Waals surface area contributed by atoms with Crippen LogP contribution in [0.15, 0.2) is 0 Å².